The monoisotopic (exact) mass is 1730 g/mol. The maximum Gasteiger partial charge on any atom is 1.00 e. The van der Waals surface area contributed by atoms with Gasteiger partial charge in [-0.05, 0) is 169 Å². The number of aliphatic hydroxyl groups excluding tert-OH is 10. The number of hydrogen-bond donors (Lipinski definition) is 18. The third-order valence-corrected chi connectivity index (χ3v) is 25.1. The average Bonchev–Trinajstić information content (AvgIpc) is 0.916. The van der Waals surface area contributed by atoms with E-state index in [9.17, 15) is 99.3 Å². The first-order valence-electron chi connectivity index (χ1n) is 44.3. The first-order chi connectivity index (χ1) is 57.7. The van der Waals surface area contributed by atoms with Crippen molar-refractivity contribution in [3.63, 3.8) is 0 Å². The van der Waals surface area contributed by atoms with Crippen LogP contribution in [0.5, 0.6) is 0 Å². The van der Waals surface area contributed by atoms with Crippen molar-refractivity contribution < 1.29 is 157 Å². The van der Waals surface area contributed by atoms with E-state index in [1.807, 2.05) is 14.7 Å². The Bertz CT molecular complexity index is 3130. The van der Waals surface area contributed by atoms with Crippen molar-refractivity contribution in [1.82, 2.24) is 46.6 Å². The van der Waals surface area contributed by atoms with Crippen LogP contribution in [-0.4, -0.2) is 336 Å². The fourth-order valence-electron chi connectivity index (χ4n) is 17.7. The maximum absolute atomic E-state index is 14.2. The molecule has 5 saturated heterocycles. The minimum Gasteiger partial charge on any atom is -0.854 e. The molecule has 1 aliphatic carbocycles. The molecule has 121 heavy (non-hydrogen) atoms. The Morgan fingerprint density at radius 2 is 0.769 bits per heavy atom. The van der Waals surface area contributed by atoms with Gasteiger partial charge in [-0.3, -0.25) is 43.2 Å². The van der Waals surface area contributed by atoms with Gasteiger partial charge in [0, 0.05) is 157 Å². The third kappa shape index (κ3) is 33.7. The molecule has 0 saturated carbocycles. The van der Waals surface area contributed by atoms with Crippen LogP contribution in [-0.2, 0) is 71.6 Å². The van der Waals surface area contributed by atoms with Gasteiger partial charge in [-0.1, -0.05) is 25.7 Å². The van der Waals surface area contributed by atoms with Gasteiger partial charge in [0.15, 0.2) is 18.9 Å². The van der Waals surface area contributed by atoms with E-state index in [2.05, 4.69) is 31.9 Å². The van der Waals surface area contributed by atoms with Gasteiger partial charge in [0.1, 0.15) is 61.0 Å². The molecule has 0 bridgehead atoms. The molecule has 0 aromatic heterocycles. The molecule has 0 aromatic rings. The van der Waals surface area contributed by atoms with Crippen LogP contribution in [0, 0.1) is 22.7 Å². The molecule has 0 radical (unpaired) electrons. The second kappa shape index (κ2) is 55.7. The topological polar surface area (TPSA) is 568 Å². The molecule has 20 N–H and O–H groups in total. The van der Waals surface area contributed by atoms with Crippen LogP contribution in [0.25, 0.3) is 0 Å². The number of nitrogens with two attached hydrogens (primary N) is 2. The van der Waals surface area contributed by atoms with E-state index in [4.69, 9.17) is 39.9 Å². The summed E-state index contributed by atoms with van der Waals surface area (Å²) in [5.74, 6) is -1.20. The molecule has 6 aliphatic heterocycles. The average molecular weight is 1740 g/mol. The van der Waals surface area contributed by atoms with E-state index in [1.54, 1.807) is 0 Å². The molecule has 16 unspecified atom stereocenters. The SMILES string of the molecule is CC(=O)NC1C(OCCCCC(=O)NCCCCCC(=O)N2CCC(C(CCC(=O)NCCCCCC(=O)N3CC4=C(C3)CC(C[O-])(CO)C4)(CNC(=O)CCCCCNC(=O)CCCCOC3OC(CO)C(O)C(O)C3N)C3CCN(C(=O)CCCCCNC(=O)CCCCOC4OC(CO)C(O)C(O)C4N)CC3)CC2)OC(CO)C(O)C1O.[Na+]. The molecule has 5 fully saturated rings. The smallest absolute Gasteiger partial charge is 0.854 e. The molecule has 37 nitrogen and oxygen atoms in total. The quantitative estimate of drug-likeness (QED) is 0.0153. The summed E-state index contributed by atoms with van der Waals surface area (Å²) in [5.41, 5.74) is 12.8. The predicted molar refractivity (Wildman–Crippen MR) is 433 cm³/mol. The van der Waals surface area contributed by atoms with Gasteiger partial charge in [0.05, 0.1) is 31.9 Å². The van der Waals surface area contributed by atoms with Crippen molar-refractivity contribution in [3.05, 3.63) is 11.1 Å². The molecule has 7 rings (SSSR count). The number of likely N-dealkylation sites (tertiary alicyclic amines) is 3. The number of piperidine rings is 2. The summed E-state index contributed by atoms with van der Waals surface area (Å²) in [6.45, 7) is 4.35. The van der Waals surface area contributed by atoms with Crippen LogP contribution in [0.4, 0.5) is 0 Å². The number of aliphatic hydroxyl groups is 10. The molecular formula is C83H144N11NaO26. The largest absolute Gasteiger partial charge is 1.00 e. The van der Waals surface area contributed by atoms with Crippen molar-refractivity contribution in [2.45, 2.75) is 311 Å². The van der Waals surface area contributed by atoms with Gasteiger partial charge in [-0.15, -0.1) is 6.61 Å². The van der Waals surface area contributed by atoms with Gasteiger partial charge >= 0.3 is 29.6 Å². The van der Waals surface area contributed by atoms with E-state index in [0.29, 0.717) is 245 Å². The van der Waals surface area contributed by atoms with E-state index < -0.39 is 128 Å². The van der Waals surface area contributed by atoms with Crippen LogP contribution in [0.15, 0.2) is 11.1 Å². The number of ether oxygens (including phenoxy) is 6. The molecule has 7 aliphatic rings. The first kappa shape index (κ1) is 105. The summed E-state index contributed by atoms with van der Waals surface area (Å²) in [5, 5.41) is 130. The summed E-state index contributed by atoms with van der Waals surface area (Å²) < 4.78 is 33.7. The summed E-state index contributed by atoms with van der Waals surface area (Å²) in [7, 11) is 0. The van der Waals surface area contributed by atoms with Crippen molar-refractivity contribution in [3.8, 4) is 0 Å². The predicted octanol–water partition coefficient (Wildman–Crippen LogP) is -5.63. The Balaban J connectivity index is 0.0000227. The van der Waals surface area contributed by atoms with Crippen LogP contribution < -0.4 is 78.0 Å². The number of hydrogen-bond acceptors (Lipinski definition) is 28. The fourth-order valence-corrected chi connectivity index (χ4v) is 17.7. The summed E-state index contributed by atoms with van der Waals surface area (Å²) in [6.07, 6.45) is 1.99. The molecule has 688 valence electrons. The Kier molecular flexibility index (Phi) is 48.4. The fraction of sp³-hybridized carbons (Fsp3) is 0.867. The van der Waals surface area contributed by atoms with E-state index in [1.165, 1.54) is 6.92 Å². The molecule has 16 atom stereocenters. The number of nitrogens with zero attached hydrogens (tertiary/aromatic N) is 3. The third-order valence-electron chi connectivity index (χ3n) is 25.1. The van der Waals surface area contributed by atoms with Gasteiger partial charge in [-0.2, -0.15) is 0 Å². The number of carbonyl (C=O) groups is 9. The molecule has 38 heteroatoms. The van der Waals surface area contributed by atoms with Crippen LogP contribution >= 0.6 is 0 Å². The maximum atomic E-state index is 14.2. The Hall–Kier alpha value is -4.79. The number of carbonyl (C=O) groups excluding carboxylic acids is 9. The molecule has 0 aromatic carbocycles. The second-order valence-corrected chi connectivity index (χ2v) is 34.1. The Labute approximate surface area is 733 Å². The van der Waals surface area contributed by atoms with Crippen molar-refractivity contribution in [2.24, 2.45) is 34.1 Å². The van der Waals surface area contributed by atoms with E-state index in [0.717, 1.165) is 11.1 Å². The number of rotatable bonds is 55. The van der Waals surface area contributed by atoms with Gasteiger partial charge < -0.3 is 143 Å². The first-order valence-corrected chi connectivity index (χ1v) is 44.3. The molecule has 9 amide bonds. The van der Waals surface area contributed by atoms with Crippen LogP contribution in [0.1, 0.15) is 219 Å². The number of unbranched alkanes of at least 4 members (excludes halogenated alkanes) is 11. The van der Waals surface area contributed by atoms with Gasteiger partial charge in [0.25, 0.3) is 0 Å². The minimum absolute atomic E-state index is 0. The van der Waals surface area contributed by atoms with Crippen molar-refractivity contribution in [2.75, 3.05) is 125 Å². The Morgan fingerprint density at radius 3 is 1.13 bits per heavy atom. The summed E-state index contributed by atoms with van der Waals surface area (Å²) >= 11 is 0. The standard InChI is InChI=1S/C83H144N11O26.Na/c1-54(100)91-72-78(114)75(111)61(50-97)120-81(72)117-43-19-12-23-64(103)88-35-15-4-8-25-68(107)93-39-30-58(31-40-93)83(32-27-66(105)89-36-16-5-9-26-69(108)94-46-55-44-82(52-98,53-99)45-56(55)47-94,51-90-65(104)20-6-2-13-33-86-62(101)21-10-17-41-115-79-70(84)76(112)73(109)59(48-95)118-79)57-28-37-92(38-29-57)67(106)24-7-3-14-34-87-63(102)22-11-18-42-116-80-71(85)77(113)74(110)60(49-96)119-80;/h57-61,70-81,95-98,109-114H,2-53,84-85H2,1H3,(H,86,101)(H,87,102)(H,88,103)(H,89,105)(H,90,104)(H,91,100);/q-1;+1. The zero-order chi connectivity index (χ0) is 87.2. The van der Waals surface area contributed by atoms with Gasteiger partial charge in [0.2, 0.25) is 53.2 Å². The summed E-state index contributed by atoms with van der Waals surface area (Å²) in [4.78, 5) is 125. The van der Waals surface area contributed by atoms with Crippen molar-refractivity contribution in [1.29, 1.82) is 0 Å². The molecule has 6 heterocycles. The van der Waals surface area contributed by atoms with Crippen LogP contribution in [0.2, 0.25) is 0 Å². The Morgan fingerprint density at radius 1 is 0.438 bits per heavy atom. The zero-order valence-corrected chi connectivity index (χ0v) is 73.6. The van der Waals surface area contributed by atoms with Gasteiger partial charge in [-0.25, -0.2) is 0 Å². The number of amides is 9. The van der Waals surface area contributed by atoms with E-state index >= 15 is 0 Å². The molecule has 0 spiro atoms. The van der Waals surface area contributed by atoms with Crippen molar-refractivity contribution >= 4 is 53.2 Å². The van der Waals surface area contributed by atoms with Crippen LogP contribution in [0.3, 0.4) is 0 Å². The van der Waals surface area contributed by atoms with E-state index in [-0.39, 0.29) is 160 Å². The minimum atomic E-state index is -1.44. The number of nitrogens with one attached hydrogen (secondary N) is 6. The normalized spacial score (nSPS) is 26.8. The molecular weight excluding hydrogens is 1590 g/mol. The zero-order valence-electron chi connectivity index (χ0n) is 71.6. The second-order valence-electron chi connectivity index (χ2n) is 34.1. The summed E-state index contributed by atoms with van der Waals surface area (Å²) in [6, 6.07) is -3.10.